The molecule has 2 bridgehead atoms. The van der Waals surface area contributed by atoms with E-state index in [0.717, 1.165) is 52.1 Å². The van der Waals surface area contributed by atoms with E-state index in [9.17, 15) is 37.9 Å². The molecule has 2 fully saturated rings. The Labute approximate surface area is 279 Å². The van der Waals surface area contributed by atoms with Crippen molar-refractivity contribution in [2.75, 3.05) is 6.54 Å². The summed E-state index contributed by atoms with van der Waals surface area (Å²) in [4.78, 5) is 69.0. The van der Waals surface area contributed by atoms with Crippen LogP contribution >= 0.6 is 22.6 Å². The van der Waals surface area contributed by atoms with Crippen LogP contribution in [0.2, 0.25) is 0 Å². The summed E-state index contributed by atoms with van der Waals surface area (Å²) in [7, 11) is 0. The molecule has 250 valence electrons. The second kappa shape index (κ2) is 14.2. The van der Waals surface area contributed by atoms with E-state index in [-0.39, 0.29) is 32.2 Å². The lowest BCUT2D eigenvalue weighted by molar-refractivity contribution is -0.149. The number of carboxylic acid groups (broad SMARTS) is 1. The van der Waals surface area contributed by atoms with Crippen LogP contribution in [0.25, 0.3) is 0 Å². The largest absolute Gasteiger partial charge is 0.479 e. The molecule has 4 amide bonds. The number of fused-ring (bicyclic) bond motifs is 4. The number of halogens is 3. The van der Waals surface area contributed by atoms with Crippen molar-refractivity contribution in [1.82, 2.24) is 20.4 Å². The van der Waals surface area contributed by atoms with Crippen molar-refractivity contribution in [2.24, 2.45) is 0 Å². The van der Waals surface area contributed by atoms with Crippen LogP contribution in [0.4, 0.5) is 13.6 Å². The number of amides is 4. The summed E-state index contributed by atoms with van der Waals surface area (Å²) in [6.07, 6.45) is 3.16. The van der Waals surface area contributed by atoms with Crippen LogP contribution in [0, 0.1) is 0 Å². The number of carboxylic acids is 1. The number of ether oxygens (including phenoxy) is 1. The molecular weight excluding hydrogens is 717 g/mol. The van der Waals surface area contributed by atoms with Gasteiger partial charge in [0, 0.05) is 38.8 Å². The second-order valence-corrected chi connectivity index (χ2v) is 14.2. The van der Waals surface area contributed by atoms with E-state index in [0.29, 0.717) is 32.4 Å². The zero-order chi connectivity index (χ0) is 33.1. The van der Waals surface area contributed by atoms with Crippen LogP contribution in [-0.2, 0) is 37.0 Å². The molecule has 1 aliphatic carbocycles. The van der Waals surface area contributed by atoms with Crippen LogP contribution in [0.1, 0.15) is 81.8 Å². The molecule has 11 nitrogen and oxygen atoms in total. The smallest absolute Gasteiger partial charge is 0.410 e. The number of hydrogen-bond acceptors (Lipinski definition) is 6. The van der Waals surface area contributed by atoms with E-state index in [1.165, 1.54) is 9.80 Å². The van der Waals surface area contributed by atoms with Crippen molar-refractivity contribution in [1.29, 1.82) is 0 Å². The first-order valence-corrected chi connectivity index (χ1v) is 16.8. The molecule has 1 aromatic carbocycles. The Bertz CT molecular complexity index is 1380. The van der Waals surface area contributed by atoms with Crippen molar-refractivity contribution >= 4 is 52.4 Å². The van der Waals surface area contributed by atoms with Gasteiger partial charge in [-0.1, -0.05) is 48.8 Å². The number of benzene rings is 1. The maximum absolute atomic E-state index is 14.1. The summed E-state index contributed by atoms with van der Waals surface area (Å²) < 4.78 is 29.6. The van der Waals surface area contributed by atoms with Gasteiger partial charge >= 0.3 is 12.1 Å². The van der Waals surface area contributed by atoms with Gasteiger partial charge in [0.25, 0.3) is 3.93 Å². The molecular formula is C32H39F2IN4O7. The third-order valence-corrected chi connectivity index (χ3v) is 9.83. The van der Waals surface area contributed by atoms with Crippen LogP contribution in [0.5, 0.6) is 0 Å². The fourth-order valence-electron chi connectivity index (χ4n) is 6.78. The predicted octanol–water partition coefficient (Wildman–Crippen LogP) is 4.42. The zero-order valence-corrected chi connectivity index (χ0v) is 27.6. The molecule has 1 aromatic rings. The summed E-state index contributed by atoms with van der Waals surface area (Å²) in [6.45, 7) is 0.568. The third-order valence-electron chi connectivity index (χ3n) is 9.29. The SMILES string of the molecule is O=C(CCC(F)(F)I)N[C@H]1CCCCC/C=C2/CC[C@](C(=O)O)(C2)NC(=O)[C@@H]2C[C@@H](OC(=O)N3Cc4ccccc4C3)CN2C1=O. The molecule has 0 spiro atoms. The fraction of sp³-hybridized carbons (Fsp3) is 0.594. The first-order chi connectivity index (χ1) is 21.8. The molecule has 1 saturated heterocycles. The van der Waals surface area contributed by atoms with E-state index >= 15 is 0 Å². The Morgan fingerprint density at radius 1 is 1.13 bits per heavy atom. The molecule has 3 N–H and O–H groups in total. The number of hydrogen-bond donors (Lipinski definition) is 3. The van der Waals surface area contributed by atoms with Crippen molar-refractivity contribution in [3.05, 3.63) is 47.0 Å². The first-order valence-electron chi connectivity index (χ1n) is 15.8. The first kappa shape index (κ1) is 34.0. The number of nitrogens with one attached hydrogen (secondary N) is 2. The maximum atomic E-state index is 14.1. The number of allylic oxidation sites excluding steroid dienone is 1. The van der Waals surface area contributed by atoms with E-state index in [1.807, 2.05) is 30.3 Å². The Kier molecular flexibility index (Phi) is 10.5. The minimum absolute atomic E-state index is 0.0653. The molecule has 14 heteroatoms. The number of carbonyl (C=O) groups is 5. The molecule has 5 rings (SSSR count). The van der Waals surface area contributed by atoms with Crippen molar-refractivity contribution in [3.8, 4) is 0 Å². The van der Waals surface area contributed by atoms with Crippen LogP contribution in [0.15, 0.2) is 35.9 Å². The monoisotopic (exact) mass is 756 g/mol. The van der Waals surface area contributed by atoms with Crippen molar-refractivity contribution < 1.29 is 42.6 Å². The van der Waals surface area contributed by atoms with E-state index in [1.54, 1.807) is 0 Å². The summed E-state index contributed by atoms with van der Waals surface area (Å²) >= 11 is 0.961. The zero-order valence-electron chi connectivity index (χ0n) is 25.4. The number of rotatable bonds is 6. The van der Waals surface area contributed by atoms with Gasteiger partial charge in [0.2, 0.25) is 17.7 Å². The van der Waals surface area contributed by atoms with Gasteiger partial charge in [0.05, 0.1) is 6.54 Å². The average molecular weight is 757 g/mol. The Morgan fingerprint density at radius 3 is 2.52 bits per heavy atom. The topological polar surface area (TPSA) is 145 Å². The highest BCUT2D eigenvalue weighted by Crippen LogP contribution is 2.36. The molecule has 0 aromatic heterocycles. The number of alkyl halides is 3. The lowest BCUT2D eigenvalue weighted by Crippen LogP contribution is -2.59. The quantitative estimate of drug-likeness (QED) is 0.222. The Morgan fingerprint density at radius 2 is 1.85 bits per heavy atom. The molecule has 0 radical (unpaired) electrons. The molecule has 46 heavy (non-hydrogen) atoms. The summed E-state index contributed by atoms with van der Waals surface area (Å²) in [5.74, 6) is -3.17. The minimum Gasteiger partial charge on any atom is -0.479 e. The van der Waals surface area contributed by atoms with Crippen LogP contribution < -0.4 is 10.6 Å². The lowest BCUT2D eigenvalue weighted by Gasteiger charge is -2.31. The highest BCUT2D eigenvalue weighted by molar-refractivity contribution is 14.1. The third kappa shape index (κ3) is 8.15. The van der Waals surface area contributed by atoms with Gasteiger partial charge in [-0.15, -0.1) is 0 Å². The van der Waals surface area contributed by atoms with Crippen molar-refractivity contribution in [2.45, 2.75) is 111 Å². The van der Waals surface area contributed by atoms with Crippen molar-refractivity contribution in [3.63, 3.8) is 0 Å². The molecule has 3 aliphatic heterocycles. The summed E-state index contributed by atoms with van der Waals surface area (Å²) in [6, 6.07) is 5.35. The molecule has 1 saturated carbocycles. The second-order valence-electron chi connectivity index (χ2n) is 12.7. The summed E-state index contributed by atoms with van der Waals surface area (Å²) in [5.41, 5.74) is 1.41. The molecule has 3 heterocycles. The minimum atomic E-state index is -3.08. The van der Waals surface area contributed by atoms with Gasteiger partial charge in [-0.25, -0.2) is 9.59 Å². The van der Waals surface area contributed by atoms with Gasteiger partial charge in [-0.05, 0) is 65.8 Å². The van der Waals surface area contributed by atoms with Gasteiger partial charge in [0.1, 0.15) is 23.7 Å². The van der Waals surface area contributed by atoms with E-state index < -0.39 is 70.3 Å². The molecule has 4 aliphatic rings. The van der Waals surface area contributed by atoms with Gasteiger partial charge < -0.3 is 25.4 Å². The lowest BCUT2D eigenvalue weighted by atomic mass is 9.96. The molecule has 0 unspecified atom stereocenters. The maximum Gasteiger partial charge on any atom is 0.410 e. The van der Waals surface area contributed by atoms with Crippen LogP contribution in [0.3, 0.4) is 0 Å². The number of aliphatic carboxylic acids is 1. The fourth-order valence-corrected chi connectivity index (χ4v) is 7.05. The predicted molar refractivity (Wildman–Crippen MR) is 170 cm³/mol. The number of carbonyl (C=O) groups excluding carboxylic acids is 4. The summed E-state index contributed by atoms with van der Waals surface area (Å²) in [5, 5.41) is 15.5. The van der Waals surface area contributed by atoms with Gasteiger partial charge in [0.15, 0.2) is 0 Å². The van der Waals surface area contributed by atoms with Gasteiger partial charge in [-0.3, -0.25) is 19.3 Å². The molecule has 4 atom stereocenters. The highest BCUT2D eigenvalue weighted by atomic mass is 127. The average Bonchev–Trinajstić information content (AvgIpc) is 3.73. The van der Waals surface area contributed by atoms with E-state index in [4.69, 9.17) is 4.74 Å². The normalized spacial score (nSPS) is 28.2. The standard InChI is InChI=1S/C32H39F2IN4O7/c33-32(34,35)14-12-26(40)36-24-10-4-2-1-3-7-20-11-13-31(16-20,29(43)44)37-27(41)25-15-23(19-39(25)28(24)42)46-30(45)38-17-21-8-5-6-9-22(21)18-38/h5-9,23-25H,1-4,10-19H2,(H,36,40)(H,37,41)(H,43,44)/b20-7-/t23-,24+,25+,31-/m1/s1. The van der Waals surface area contributed by atoms with Gasteiger partial charge in [-0.2, -0.15) is 8.78 Å². The Hall–Kier alpha value is -3.30. The number of nitrogens with zero attached hydrogens (tertiary/aromatic N) is 2. The Balaban J connectivity index is 1.37. The van der Waals surface area contributed by atoms with Crippen LogP contribution in [-0.4, -0.2) is 78.9 Å². The van der Waals surface area contributed by atoms with E-state index in [2.05, 4.69) is 10.6 Å². The highest BCUT2D eigenvalue weighted by Gasteiger charge is 2.49.